The van der Waals surface area contributed by atoms with E-state index in [0.29, 0.717) is 18.1 Å². The molecular weight excluding hydrogens is 238 g/mol. The van der Waals surface area contributed by atoms with Gasteiger partial charge in [0.05, 0.1) is 6.54 Å². The molecule has 0 saturated heterocycles. The molecule has 4 nitrogen and oxygen atoms in total. The summed E-state index contributed by atoms with van der Waals surface area (Å²) in [5, 5.41) is 0.640. The number of halogens is 1. The highest BCUT2D eigenvalue weighted by atomic mass is 35.5. The van der Waals surface area contributed by atoms with Crippen LogP contribution in [0, 0.1) is 0 Å². The maximum Gasteiger partial charge on any atom is 0.241 e. The summed E-state index contributed by atoms with van der Waals surface area (Å²) in [6.45, 7) is 0.730. The smallest absolute Gasteiger partial charge is 0.241 e. The van der Waals surface area contributed by atoms with Crippen molar-refractivity contribution in [2.75, 3.05) is 32.6 Å². The normalized spacial score (nSPS) is 10.2. The minimum atomic E-state index is 0.0375. The molecular formula is C12H18ClN3O. The van der Waals surface area contributed by atoms with Crippen LogP contribution >= 0.6 is 11.6 Å². The molecule has 5 heteroatoms. The summed E-state index contributed by atoms with van der Waals surface area (Å²) in [5.74, 6) is 0.0375. The maximum absolute atomic E-state index is 11.6. The number of rotatable bonds is 4. The molecule has 0 aliphatic heterocycles. The van der Waals surface area contributed by atoms with Gasteiger partial charge in [0.25, 0.3) is 0 Å². The average Bonchev–Trinajstić information content (AvgIpc) is 2.28. The van der Waals surface area contributed by atoms with Gasteiger partial charge >= 0.3 is 0 Å². The Morgan fingerprint density at radius 2 is 2.00 bits per heavy atom. The predicted molar refractivity (Wildman–Crippen MR) is 71.3 cm³/mol. The maximum atomic E-state index is 11.6. The number of nitrogens with two attached hydrogens (primary N) is 1. The third-order valence-corrected chi connectivity index (χ3v) is 2.78. The number of amides is 1. The number of carbonyl (C=O) groups is 1. The lowest BCUT2D eigenvalue weighted by molar-refractivity contribution is -0.127. The predicted octanol–water partition coefficient (Wildman–Crippen LogP) is 1.32. The van der Waals surface area contributed by atoms with Crippen LogP contribution in [0.3, 0.4) is 0 Å². The Kier molecular flexibility index (Phi) is 4.78. The van der Waals surface area contributed by atoms with Gasteiger partial charge in [-0.25, -0.2) is 0 Å². The zero-order valence-electron chi connectivity index (χ0n) is 10.4. The number of likely N-dealkylation sites (N-methyl/N-ethyl adjacent to an activating group) is 2. The first-order valence-electron chi connectivity index (χ1n) is 5.35. The van der Waals surface area contributed by atoms with E-state index in [9.17, 15) is 4.79 Å². The van der Waals surface area contributed by atoms with E-state index in [1.165, 1.54) is 0 Å². The molecule has 1 rings (SSSR count). The van der Waals surface area contributed by atoms with Gasteiger partial charge in [-0.2, -0.15) is 0 Å². The van der Waals surface area contributed by atoms with Crippen LogP contribution in [-0.2, 0) is 11.3 Å². The molecule has 0 radical (unpaired) electrons. The van der Waals surface area contributed by atoms with Crippen LogP contribution in [0.1, 0.15) is 5.56 Å². The number of nitrogens with zero attached hydrogens (tertiary/aromatic N) is 2. The van der Waals surface area contributed by atoms with E-state index in [4.69, 9.17) is 17.3 Å². The van der Waals surface area contributed by atoms with Crippen LogP contribution in [0.15, 0.2) is 18.2 Å². The van der Waals surface area contributed by atoms with Crippen molar-refractivity contribution in [2.45, 2.75) is 6.54 Å². The number of hydrogen-bond acceptors (Lipinski definition) is 3. The van der Waals surface area contributed by atoms with Crippen LogP contribution < -0.4 is 10.6 Å². The van der Waals surface area contributed by atoms with Crippen molar-refractivity contribution in [3.05, 3.63) is 28.8 Å². The molecule has 94 valence electrons. The number of benzene rings is 1. The topological polar surface area (TPSA) is 49.6 Å². The molecule has 0 unspecified atom stereocenters. The van der Waals surface area contributed by atoms with Crippen LogP contribution in [0.2, 0.25) is 5.02 Å². The van der Waals surface area contributed by atoms with Crippen LogP contribution in [0.25, 0.3) is 0 Å². The molecule has 0 fully saturated rings. The zero-order chi connectivity index (χ0) is 13.0. The third-order valence-electron chi connectivity index (χ3n) is 2.55. The van der Waals surface area contributed by atoms with Gasteiger partial charge in [-0.1, -0.05) is 17.7 Å². The van der Waals surface area contributed by atoms with E-state index in [0.717, 1.165) is 11.3 Å². The molecule has 1 amide bonds. The van der Waals surface area contributed by atoms with Crippen molar-refractivity contribution >= 4 is 23.2 Å². The molecule has 2 N–H and O–H groups in total. The van der Waals surface area contributed by atoms with Gasteiger partial charge in [0.2, 0.25) is 5.91 Å². The van der Waals surface area contributed by atoms with Crippen molar-refractivity contribution in [1.29, 1.82) is 0 Å². The standard InChI is InChI=1S/C12H18ClN3O/c1-15(2)12(17)8-16(3)11-6-10(13)5-4-9(11)7-14/h4-6H,7-8,14H2,1-3H3. The molecule has 1 aromatic carbocycles. The molecule has 1 aromatic rings. The van der Waals surface area contributed by atoms with E-state index in [2.05, 4.69) is 0 Å². The summed E-state index contributed by atoms with van der Waals surface area (Å²) in [4.78, 5) is 15.0. The van der Waals surface area contributed by atoms with Gasteiger partial charge in [-0.3, -0.25) is 4.79 Å². The fourth-order valence-electron chi connectivity index (χ4n) is 1.49. The van der Waals surface area contributed by atoms with Crippen LogP contribution in [0.5, 0.6) is 0 Å². The summed E-state index contributed by atoms with van der Waals surface area (Å²) in [5.41, 5.74) is 7.54. The van der Waals surface area contributed by atoms with Crippen molar-refractivity contribution in [1.82, 2.24) is 4.90 Å². The van der Waals surface area contributed by atoms with E-state index < -0.39 is 0 Å². The lowest BCUT2D eigenvalue weighted by Gasteiger charge is -2.23. The summed E-state index contributed by atoms with van der Waals surface area (Å²) in [6, 6.07) is 5.51. The average molecular weight is 256 g/mol. The second kappa shape index (κ2) is 5.89. The molecule has 0 aliphatic carbocycles. The molecule has 0 heterocycles. The second-order valence-corrected chi connectivity index (χ2v) is 4.56. The summed E-state index contributed by atoms with van der Waals surface area (Å²) < 4.78 is 0. The summed E-state index contributed by atoms with van der Waals surface area (Å²) in [6.07, 6.45) is 0. The Bertz CT molecular complexity index is 407. The summed E-state index contributed by atoms with van der Waals surface area (Å²) >= 11 is 5.95. The second-order valence-electron chi connectivity index (χ2n) is 4.12. The monoisotopic (exact) mass is 255 g/mol. The quantitative estimate of drug-likeness (QED) is 0.883. The Morgan fingerprint density at radius 1 is 1.35 bits per heavy atom. The highest BCUT2D eigenvalue weighted by Crippen LogP contribution is 2.23. The van der Waals surface area contributed by atoms with Crippen molar-refractivity contribution in [3.63, 3.8) is 0 Å². The highest BCUT2D eigenvalue weighted by molar-refractivity contribution is 6.30. The Hall–Kier alpha value is -1.26. The Balaban J connectivity index is 2.91. The van der Waals surface area contributed by atoms with E-state index >= 15 is 0 Å². The first kappa shape index (κ1) is 13.8. The summed E-state index contributed by atoms with van der Waals surface area (Å²) in [7, 11) is 5.32. The van der Waals surface area contributed by atoms with Crippen LogP contribution in [-0.4, -0.2) is 38.5 Å². The largest absolute Gasteiger partial charge is 0.365 e. The van der Waals surface area contributed by atoms with Crippen LogP contribution in [0.4, 0.5) is 5.69 Å². The van der Waals surface area contributed by atoms with Gasteiger partial charge in [-0.15, -0.1) is 0 Å². The zero-order valence-corrected chi connectivity index (χ0v) is 11.2. The molecule has 17 heavy (non-hydrogen) atoms. The molecule has 0 spiro atoms. The molecule has 0 bridgehead atoms. The van der Waals surface area contributed by atoms with E-state index in [1.807, 2.05) is 24.1 Å². The van der Waals surface area contributed by atoms with Crippen molar-refractivity contribution in [3.8, 4) is 0 Å². The minimum absolute atomic E-state index is 0.0375. The highest BCUT2D eigenvalue weighted by Gasteiger charge is 2.12. The third kappa shape index (κ3) is 3.61. The first-order chi connectivity index (χ1) is 7.95. The number of hydrogen-bond donors (Lipinski definition) is 1. The fraction of sp³-hybridized carbons (Fsp3) is 0.417. The Labute approximate surface area is 107 Å². The Morgan fingerprint density at radius 3 is 2.53 bits per heavy atom. The number of anilines is 1. The van der Waals surface area contributed by atoms with Gasteiger partial charge in [0, 0.05) is 38.4 Å². The van der Waals surface area contributed by atoms with Gasteiger partial charge in [0.1, 0.15) is 0 Å². The minimum Gasteiger partial charge on any atom is -0.365 e. The van der Waals surface area contributed by atoms with Gasteiger partial charge in [-0.05, 0) is 17.7 Å². The molecule has 0 aliphatic rings. The SMILES string of the molecule is CN(C)C(=O)CN(C)c1cc(Cl)ccc1CN. The molecule has 0 saturated carbocycles. The fourth-order valence-corrected chi connectivity index (χ4v) is 1.66. The van der Waals surface area contributed by atoms with Gasteiger partial charge < -0.3 is 15.5 Å². The molecule has 0 aromatic heterocycles. The van der Waals surface area contributed by atoms with Gasteiger partial charge in [0.15, 0.2) is 0 Å². The van der Waals surface area contributed by atoms with Crippen molar-refractivity contribution in [2.24, 2.45) is 5.73 Å². The van der Waals surface area contributed by atoms with E-state index in [-0.39, 0.29) is 5.91 Å². The van der Waals surface area contributed by atoms with E-state index in [1.54, 1.807) is 25.1 Å². The number of carbonyl (C=O) groups excluding carboxylic acids is 1. The molecule has 0 atom stereocenters. The first-order valence-corrected chi connectivity index (χ1v) is 5.73. The van der Waals surface area contributed by atoms with Crippen molar-refractivity contribution < 1.29 is 4.79 Å². The lowest BCUT2D eigenvalue weighted by Crippen LogP contribution is -2.34. The lowest BCUT2D eigenvalue weighted by atomic mass is 10.1.